The first-order valence-electron chi connectivity index (χ1n) is 7.23. The second-order valence-electron chi connectivity index (χ2n) is 5.61. The number of nitrogens with two attached hydrogens (primary N) is 1. The molecule has 1 aromatic heterocycles. The van der Waals surface area contributed by atoms with Crippen LogP contribution < -0.4 is 5.73 Å². The van der Waals surface area contributed by atoms with Crippen molar-refractivity contribution in [2.45, 2.75) is 25.9 Å². The van der Waals surface area contributed by atoms with Crippen LogP contribution in [0.15, 0.2) is 22.6 Å². The average molecular weight is 274 g/mol. The van der Waals surface area contributed by atoms with Crippen LogP contribution in [-0.2, 0) is 6.54 Å². The number of aromatic nitrogens is 1. The molecule has 2 aromatic rings. The minimum absolute atomic E-state index is 0.628. The van der Waals surface area contributed by atoms with Crippen molar-refractivity contribution in [1.82, 2.24) is 14.8 Å². The number of anilines is 1. The molecule has 20 heavy (non-hydrogen) atoms. The number of rotatable bonds is 3. The van der Waals surface area contributed by atoms with Crippen LogP contribution in [0.1, 0.15) is 19.2 Å². The van der Waals surface area contributed by atoms with Gasteiger partial charge in [0.05, 0.1) is 6.54 Å². The first-order valence-corrected chi connectivity index (χ1v) is 7.23. The van der Waals surface area contributed by atoms with Gasteiger partial charge in [-0.1, -0.05) is 6.92 Å². The first-order chi connectivity index (χ1) is 9.65. The highest BCUT2D eigenvalue weighted by atomic mass is 16.3. The maximum absolute atomic E-state index is 5.80. The number of fused-ring (bicyclic) bond motifs is 1. The fourth-order valence-electron chi connectivity index (χ4n) is 2.84. The van der Waals surface area contributed by atoms with Gasteiger partial charge in [0.2, 0.25) is 5.89 Å². The molecule has 1 atom stereocenters. The largest absolute Gasteiger partial charge is 0.439 e. The van der Waals surface area contributed by atoms with Crippen molar-refractivity contribution in [1.29, 1.82) is 0 Å². The van der Waals surface area contributed by atoms with E-state index in [0.29, 0.717) is 11.7 Å². The standard InChI is InChI=1S/C15H22N4O/c1-3-12-9-19(7-6-18(12)2)10-15-17-13-5-4-11(16)8-14(13)20-15/h4-5,8,12H,3,6-7,9-10,16H2,1-2H3. The van der Waals surface area contributed by atoms with Crippen LogP contribution in [0.25, 0.3) is 11.1 Å². The highest BCUT2D eigenvalue weighted by Crippen LogP contribution is 2.20. The van der Waals surface area contributed by atoms with E-state index in [0.717, 1.165) is 43.2 Å². The van der Waals surface area contributed by atoms with Crippen LogP contribution in [0.4, 0.5) is 5.69 Å². The fraction of sp³-hybridized carbons (Fsp3) is 0.533. The Morgan fingerprint density at radius 3 is 3.05 bits per heavy atom. The third-order valence-electron chi connectivity index (χ3n) is 4.15. The summed E-state index contributed by atoms with van der Waals surface area (Å²) in [6.45, 7) is 6.26. The average Bonchev–Trinajstić information content (AvgIpc) is 2.82. The van der Waals surface area contributed by atoms with Crippen molar-refractivity contribution >= 4 is 16.8 Å². The zero-order valence-electron chi connectivity index (χ0n) is 12.2. The Balaban J connectivity index is 1.73. The summed E-state index contributed by atoms with van der Waals surface area (Å²) in [7, 11) is 2.20. The SMILES string of the molecule is CCC1CN(Cc2nc3ccc(N)cc3o2)CCN1C. The normalized spacial score (nSPS) is 21.6. The van der Waals surface area contributed by atoms with Crippen molar-refractivity contribution in [2.75, 3.05) is 32.4 Å². The van der Waals surface area contributed by atoms with E-state index in [1.165, 1.54) is 6.42 Å². The highest BCUT2D eigenvalue weighted by molar-refractivity contribution is 5.76. The number of piperazine rings is 1. The van der Waals surface area contributed by atoms with Gasteiger partial charge in [-0.2, -0.15) is 0 Å². The van der Waals surface area contributed by atoms with Gasteiger partial charge in [0, 0.05) is 37.4 Å². The third kappa shape index (κ3) is 2.64. The molecule has 0 amide bonds. The number of hydrogen-bond acceptors (Lipinski definition) is 5. The Morgan fingerprint density at radius 2 is 2.25 bits per heavy atom. The summed E-state index contributed by atoms with van der Waals surface area (Å²) in [5.41, 5.74) is 8.14. The molecule has 0 radical (unpaired) electrons. The summed E-state index contributed by atoms with van der Waals surface area (Å²) in [6, 6.07) is 6.24. The number of likely N-dealkylation sites (N-methyl/N-ethyl adjacent to an activating group) is 1. The highest BCUT2D eigenvalue weighted by Gasteiger charge is 2.23. The van der Waals surface area contributed by atoms with Crippen LogP contribution in [-0.4, -0.2) is 47.5 Å². The molecule has 0 saturated carbocycles. The predicted octanol–water partition coefficient (Wildman–Crippen LogP) is 1.94. The van der Waals surface area contributed by atoms with Gasteiger partial charge in [-0.25, -0.2) is 4.98 Å². The van der Waals surface area contributed by atoms with E-state index >= 15 is 0 Å². The van der Waals surface area contributed by atoms with Crippen molar-refractivity contribution < 1.29 is 4.42 Å². The van der Waals surface area contributed by atoms with Gasteiger partial charge in [0.1, 0.15) is 5.52 Å². The lowest BCUT2D eigenvalue weighted by Gasteiger charge is -2.38. The quantitative estimate of drug-likeness (QED) is 0.867. The number of nitrogens with zero attached hydrogens (tertiary/aromatic N) is 3. The lowest BCUT2D eigenvalue weighted by Crippen LogP contribution is -2.50. The van der Waals surface area contributed by atoms with Crippen molar-refractivity contribution in [3.8, 4) is 0 Å². The maximum Gasteiger partial charge on any atom is 0.209 e. The summed E-state index contributed by atoms with van der Waals surface area (Å²) >= 11 is 0. The van der Waals surface area contributed by atoms with Crippen molar-refractivity contribution in [2.24, 2.45) is 0 Å². The molecule has 1 aliphatic rings. The van der Waals surface area contributed by atoms with Crippen LogP contribution >= 0.6 is 0 Å². The molecule has 1 unspecified atom stereocenters. The predicted molar refractivity (Wildman–Crippen MR) is 80.4 cm³/mol. The molecule has 0 bridgehead atoms. The molecule has 0 aliphatic carbocycles. The minimum atomic E-state index is 0.628. The van der Waals surface area contributed by atoms with Gasteiger partial charge in [-0.05, 0) is 25.6 Å². The molecule has 5 heteroatoms. The Hall–Kier alpha value is -1.59. The molecule has 2 heterocycles. The summed E-state index contributed by atoms with van der Waals surface area (Å²) in [5.74, 6) is 0.782. The van der Waals surface area contributed by atoms with Gasteiger partial charge >= 0.3 is 0 Å². The summed E-state index contributed by atoms with van der Waals surface area (Å²) in [6.07, 6.45) is 1.18. The molecule has 1 aromatic carbocycles. The molecular weight excluding hydrogens is 252 g/mol. The second-order valence-corrected chi connectivity index (χ2v) is 5.61. The smallest absolute Gasteiger partial charge is 0.209 e. The van der Waals surface area contributed by atoms with E-state index in [1.807, 2.05) is 18.2 Å². The molecule has 2 N–H and O–H groups in total. The molecule has 108 valence electrons. The number of nitrogen functional groups attached to an aromatic ring is 1. The van der Waals surface area contributed by atoms with E-state index < -0.39 is 0 Å². The first kappa shape index (κ1) is 13.4. The molecule has 1 fully saturated rings. The number of benzene rings is 1. The molecule has 1 saturated heterocycles. The summed E-state index contributed by atoms with van der Waals surface area (Å²) in [5, 5.41) is 0. The molecule has 1 aliphatic heterocycles. The van der Waals surface area contributed by atoms with E-state index in [2.05, 4.69) is 28.8 Å². The van der Waals surface area contributed by atoms with E-state index in [4.69, 9.17) is 10.2 Å². The molecule has 3 rings (SSSR count). The van der Waals surface area contributed by atoms with Gasteiger partial charge in [0.15, 0.2) is 5.58 Å². The zero-order chi connectivity index (χ0) is 14.1. The molecule has 0 spiro atoms. The summed E-state index contributed by atoms with van der Waals surface area (Å²) < 4.78 is 5.80. The van der Waals surface area contributed by atoms with Crippen molar-refractivity contribution in [3.63, 3.8) is 0 Å². The van der Waals surface area contributed by atoms with Gasteiger partial charge < -0.3 is 15.1 Å². The second kappa shape index (κ2) is 5.42. The minimum Gasteiger partial charge on any atom is -0.439 e. The van der Waals surface area contributed by atoms with Crippen molar-refractivity contribution in [3.05, 3.63) is 24.1 Å². The fourth-order valence-corrected chi connectivity index (χ4v) is 2.84. The lowest BCUT2D eigenvalue weighted by molar-refractivity contribution is 0.0827. The monoisotopic (exact) mass is 274 g/mol. The topological polar surface area (TPSA) is 58.5 Å². The number of hydrogen-bond donors (Lipinski definition) is 1. The van der Waals surface area contributed by atoms with Gasteiger partial charge in [0.25, 0.3) is 0 Å². The van der Waals surface area contributed by atoms with E-state index in [9.17, 15) is 0 Å². The van der Waals surface area contributed by atoms with Crippen LogP contribution in [0, 0.1) is 0 Å². The molecule has 5 nitrogen and oxygen atoms in total. The Labute approximate surface area is 119 Å². The lowest BCUT2D eigenvalue weighted by atomic mass is 10.1. The summed E-state index contributed by atoms with van der Waals surface area (Å²) in [4.78, 5) is 9.39. The number of oxazole rings is 1. The third-order valence-corrected chi connectivity index (χ3v) is 4.15. The Morgan fingerprint density at radius 1 is 1.40 bits per heavy atom. The van der Waals surface area contributed by atoms with Crippen LogP contribution in [0.3, 0.4) is 0 Å². The maximum atomic E-state index is 5.80. The molecular formula is C15H22N4O. The van der Waals surface area contributed by atoms with Gasteiger partial charge in [-0.15, -0.1) is 0 Å². The van der Waals surface area contributed by atoms with E-state index in [-0.39, 0.29) is 0 Å². The van der Waals surface area contributed by atoms with Crippen LogP contribution in [0.5, 0.6) is 0 Å². The van der Waals surface area contributed by atoms with Gasteiger partial charge in [-0.3, -0.25) is 4.90 Å². The zero-order valence-corrected chi connectivity index (χ0v) is 12.2. The Bertz CT molecular complexity index is 595. The van der Waals surface area contributed by atoms with Crippen LogP contribution in [0.2, 0.25) is 0 Å². The Kier molecular flexibility index (Phi) is 3.63. The van der Waals surface area contributed by atoms with E-state index in [1.54, 1.807) is 0 Å².